The second-order valence-corrected chi connectivity index (χ2v) is 7.87. The van der Waals surface area contributed by atoms with Crippen LogP contribution < -0.4 is 15.0 Å². The summed E-state index contributed by atoms with van der Waals surface area (Å²) in [6.07, 6.45) is 8.19. The van der Waals surface area contributed by atoms with E-state index in [4.69, 9.17) is 4.74 Å². The van der Waals surface area contributed by atoms with Gasteiger partial charge in [0.1, 0.15) is 0 Å². The average Bonchev–Trinajstić information content (AvgIpc) is 3.04. The fourth-order valence-electron chi connectivity index (χ4n) is 4.74. The molecule has 3 saturated heterocycles. The molecule has 7 nitrogen and oxygen atoms in total. The summed E-state index contributed by atoms with van der Waals surface area (Å²) < 4.78 is 5.18. The highest BCUT2D eigenvalue weighted by Gasteiger charge is 2.38. The number of hydrogen-bond acceptors (Lipinski definition) is 6. The van der Waals surface area contributed by atoms with Crippen LogP contribution in [0.2, 0.25) is 0 Å². The van der Waals surface area contributed by atoms with E-state index in [1.165, 1.54) is 12.8 Å². The topological polar surface area (TPSA) is 70.6 Å². The number of methoxy groups -OCH3 is 1. The zero-order valence-electron chi connectivity index (χ0n) is 16.5. The highest BCUT2D eigenvalue weighted by molar-refractivity contribution is 5.85. The van der Waals surface area contributed by atoms with Gasteiger partial charge >= 0.3 is 0 Å². The number of nitrogens with zero attached hydrogens (tertiary/aromatic N) is 4. The molecule has 2 atom stereocenters. The van der Waals surface area contributed by atoms with E-state index in [-0.39, 0.29) is 30.7 Å². The van der Waals surface area contributed by atoms with Crippen molar-refractivity contribution in [3.63, 3.8) is 0 Å². The van der Waals surface area contributed by atoms with E-state index in [1.54, 1.807) is 19.4 Å². The second-order valence-electron chi connectivity index (χ2n) is 7.87. The van der Waals surface area contributed by atoms with Gasteiger partial charge in [0.25, 0.3) is 0 Å². The van der Waals surface area contributed by atoms with Gasteiger partial charge in [-0.3, -0.25) is 4.79 Å². The Balaban J connectivity index is 0.00000140. The number of carbonyl (C=O) groups is 1. The number of ether oxygens (including phenoxy) is 1. The first kappa shape index (κ1) is 23.0. The number of carbonyl (C=O) groups excluding carboxylic acids is 1. The van der Waals surface area contributed by atoms with Crippen LogP contribution in [-0.4, -0.2) is 66.1 Å². The van der Waals surface area contributed by atoms with Crippen LogP contribution in [0, 0.1) is 5.92 Å². The molecular weight excluding hydrogens is 401 g/mol. The van der Waals surface area contributed by atoms with Crippen LogP contribution in [0.25, 0.3) is 0 Å². The summed E-state index contributed by atoms with van der Waals surface area (Å²) >= 11 is 0. The molecule has 3 fully saturated rings. The minimum absolute atomic E-state index is 0. The second kappa shape index (κ2) is 9.94. The van der Waals surface area contributed by atoms with Crippen molar-refractivity contribution in [1.82, 2.24) is 20.2 Å². The van der Waals surface area contributed by atoms with Crippen molar-refractivity contribution in [1.29, 1.82) is 0 Å². The van der Waals surface area contributed by atoms with Gasteiger partial charge in [0, 0.05) is 56.4 Å². The fraction of sp³-hybridized carbons (Fsp3) is 0.737. The first-order valence-electron chi connectivity index (χ1n) is 9.78. The van der Waals surface area contributed by atoms with Gasteiger partial charge in [-0.05, 0) is 38.5 Å². The molecule has 1 aromatic heterocycles. The predicted molar refractivity (Wildman–Crippen MR) is 114 cm³/mol. The summed E-state index contributed by atoms with van der Waals surface area (Å²) in [7, 11) is 3.62. The molecule has 0 spiro atoms. The molecule has 0 aliphatic carbocycles. The van der Waals surface area contributed by atoms with Gasteiger partial charge in [-0.25, -0.2) is 4.98 Å². The first-order valence-corrected chi connectivity index (χ1v) is 9.78. The van der Waals surface area contributed by atoms with Crippen LogP contribution >= 0.6 is 24.8 Å². The van der Waals surface area contributed by atoms with E-state index in [0.29, 0.717) is 35.9 Å². The molecule has 4 heterocycles. The largest absolute Gasteiger partial charge is 0.481 e. The molecule has 2 bridgehead atoms. The molecule has 158 valence electrons. The quantitative estimate of drug-likeness (QED) is 0.788. The van der Waals surface area contributed by atoms with E-state index in [1.807, 2.05) is 7.05 Å². The maximum absolute atomic E-state index is 13.0. The number of aromatic nitrogens is 2. The van der Waals surface area contributed by atoms with Gasteiger partial charge in [-0.15, -0.1) is 24.8 Å². The fourth-order valence-corrected chi connectivity index (χ4v) is 4.74. The Kier molecular flexibility index (Phi) is 8.16. The van der Waals surface area contributed by atoms with Gasteiger partial charge in [-0.1, -0.05) is 0 Å². The van der Waals surface area contributed by atoms with Crippen molar-refractivity contribution < 1.29 is 9.53 Å². The number of nitrogens with one attached hydrogen (secondary N) is 1. The summed E-state index contributed by atoms with van der Waals surface area (Å²) in [4.78, 5) is 26.0. The van der Waals surface area contributed by atoms with Crippen molar-refractivity contribution in [2.45, 2.75) is 56.7 Å². The zero-order valence-corrected chi connectivity index (χ0v) is 18.2. The molecule has 28 heavy (non-hydrogen) atoms. The van der Waals surface area contributed by atoms with Crippen LogP contribution in [0.4, 0.5) is 5.95 Å². The van der Waals surface area contributed by atoms with Crippen LogP contribution in [0.5, 0.6) is 5.88 Å². The van der Waals surface area contributed by atoms with Crippen molar-refractivity contribution in [2.24, 2.45) is 5.92 Å². The Morgan fingerprint density at radius 1 is 1.18 bits per heavy atom. The third-order valence-electron chi connectivity index (χ3n) is 6.30. The smallest absolute Gasteiger partial charge is 0.228 e. The van der Waals surface area contributed by atoms with E-state index in [2.05, 4.69) is 25.1 Å². The Hall–Kier alpha value is -1.31. The summed E-state index contributed by atoms with van der Waals surface area (Å²) in [5, 5.41) is 3.66. The van der Waals surface area contributed by atoms with E-state index in [0.717, 1.165) is 38.8 Å². The first-order chi connectivity index (χ1) is 12.6. The SMILES string of the molecule is COc1ccnc(N2CCC(C(=O)N(C)C3CC4CCC(C3)N4)CC2)n1.Cl.Cl. The lowest BCUT2D eigenvalue weighted by Crippen LogP contribution is -2.51. The van der Waals surface area contributed by atoms with E-state index in [9.17, 15) is 4.79 Å². The molecule has 1 aromatic rings. The van der Waals surface area contributed by atoms with Crippen LogP contribution in [0.1, 0.15) is 38.5 Å². The summed E-state index contributed by atoms with van der Waals surface area (Å²) in [6, 6.07) is 3.38. The molecule has 3 aliphatic heterocycles. The van der Waals surface area contributed by atoms with Gasteiger partial charge in [0.2, 0.25) is 17.7 Å². The molecule has 9 heteroatoms. The third-order valence-corrected chi connectivity index (χ3v) is 6.30. The number of amides is 1. The normalized spacial score (nSPS) is 26.8. The van der Waals surface area contributed by atoms with Gasteiger partial charge in [-0.2, -0.15) is 4.98 Å². The molecule has 4 rings (SSSR count). The van der Waals surface area contributed by atoms with E-state index >= 15 is 0 Å². The van der Waals surface area contributed by atoms with Crippen LogP contribution in [0.3, 0.4) is 0 Å². The lowest BCUT2D eigenvalue weighted by molar-refractivity contribution is -0.137. The van der Waals surface area contributed by atoms with Crippen molar-refractivity contribution in [3.05, 3.63) is 12.3 Å². The highest BCUT2D eigenvalue weighted by atomic mass is 35.5. The molecule has 1 N–H and O–H groups in total. The number of hydrogen-bond donors (Lipinski definition) is 1. The van der Waals surface area contributed by atoms with Crippen LogP contribution in [-0.2, 0) is 4.79 Å². The maximum atomic E-state index is 13.0. The van der Waals surface area contributed by atoms with Crippen molar-refractivity contribution in [3.8, 4) is 5.88 Å². The monoisotopic (exact) mass is 431 g/mol. The average molecular weight is 432 g/mol. The molecule has 2 unspecified atom stereocenters. The lowest BCUT2D eigenvalue weighted by atomic mass is 9.92. The maximum Gasteiger partial charge on any atom is 0.228 e. The molecule has 3 aliphatic rings. The summed E-state index contributed by atoms with van der Waals surface area (Å²) in [5.41, 5.74) is 0. The predicted octanol–water partition coefficient (Wildman–Crippen LogP) is 2.29. The van der Waals surface area contributed by atoms with Crippen LogP contribution in [0.15, 0.2) is 12.3 Å². The summed E-state index contributed by atoms with van der Waals surface area (Å²) in [6.45, 7) is 1.63. The third kappa shape index (κ3) is 4.81. The molecular formula is C19H31Cl2N5O2. The number of anilines is 1. The van der Waals surface area contributed by atoms with E-state index < -0.39 is 0 Å². The molecule has 0 saturated carbocycles. The lowest BCUT2D eigenvalue weighted by Gasteiger charge is -2.39. The Labute approximate surface area is 179 Å². The van der Waals surface area contributed by atoms with Crippen molar-refractivity contribution in [2.75, 3.05) is 32.1 Å². The minimum atomic E-state index is 0. The number of rotatable bonds is 4. The van der Waals surface area contributed by atoms with Crippen molar-refractivity contribution >= 4 is 36.7 Å². The molecule has 0 aromatic carbocycles. The summed E-state index contributed by atoms with van der Waals surface area (Å²) in [5.74, 6) is 1.71. The number of halogens is 2. The molecule has 0 radical (unpaired) electrons. The zero-order chi connectivity index (χ0) is 18.1. The Bertz CT molecular complexity index is 645. The molecule has 1 amide bonds. The Morgan fingerprint density at radius 3 is 2.43 bits per heavy atom. The number of piperidine rings is 2. The minimum Gasteiger partial charge on any atom is -0.481 e. The van der Waals surface area contributed by atoms with Gasteiger partial charge in [0.15, 0.2) is 0 Å². The highest BCUT2D eigenvalue weighted by Crippen LogP contribution is 2.31. The van der Waals surface area contributed by atoms with Gasteiger partial charge < -0.3 is 19.9 Å². The van der Waals surface area contributed by atoms with Gasteiger partial charge in [0.05, 0.1) is 7.11 Å². The Morgan fingerprint density at radius 2 is 1.82 bits per heavy atom. The number of fused-ring (bicyclic) bond motifs is 2. The standard InChI is InChI=1S/C19H29N5O2.2ClH/c1-23(16-11-14-3-4-15(12-16)21-14)18(25)13-6-9-24(10-7-13)19-20-8-5-17(22-19)26-2;;/h5,8,13-16,21H,3-4,6-7,9-12H2,1-2H3;2*1H.